The second kappa shape index (κ2) is 4.87. The largest absolute Gasteiger partial charge is 0.485 e. The molecule has 6 nitrogen and oxygen atoms in total. The zero-order chi connectivity index (χ0) is 12.4. The maximum Gasteiger partial charge on any atom is 0.271 e. The fraction of sp³-hybridized carbons (Fsp3) is 0.400. The Hall–Kier alpha value is -1.37. The monoisotopic (exact) mass is 258 g/mol. The normalized spacial score (nSPS) is 23.6. The van der Waals surface area contributed by atoms with Crippen molar-refractivity contribution in [1.29, 1.82) is 0 Å². The highest BCUT2D eigenvalue weighted by Crippen LogP contribution is 2.30. The molecule has 0 aliphatic carbocycles. The Kier molecular flexibility index (Phi) is 3.46. The average molecular weight is 259 g/mol. The summed E-state index contributed by atoms with van der Waals surface area (Å²) in [4.78, 5) is 9.99. The van der Waals surface area contributed by atoms with E-state index in [2.05, 4.69) is 5.32 Å². The van der Waals surface area contributed by atoms with Gasteiger partial charge in [-0.25, -0.2) is 0 Å². The molecule has 2 rings (SSSR count). The van der Waals surface area contributed by atoms with E-state index in [1.807, 2.05) is 0 Å². The predicted molar refractivity (Wildman–Crippen MR) is 61.4 cm³/mol. The third kappa shape index (κ3) is 2.66. The lowest BCUT2D eigenvalue weighted by molar-refractivity contribution is -0.384. The van der Waals surface area contributed by atoms with Crippen molar-refractivity contribution in [3.05, 3.63) is 33.3 Å². The second-order valence-electron chi connectivity index (χ2n) is 3.75. The van der Waals surface area contributed by atoms with Gasteiger partial charge in [-0.15, -0.1) is 0 Å². The van der Waals surface area contributed by atoms with Crippen molar-refractivity contribution in [2.45, 2.75) is 12.2 Å². The maximum atomic E-state index is 10.5. The van der Waals surface area contributed by atoms with Gasteiger partial charge in [0.25, 0.3) is 5.69 Å². The molecule has 0 saturated carbocycles. The van der Waals surface area contributed by atoms with E-state index in [0.29, 0.717) is 18.8 Å². The topological polar surface area (TPSA) is 84.6 Å². The highest BCUT2D eigenvalue weighted by molar-refractivity contribution is 6.32. The fourth-order valence-electron chi connectivity index (χ4n) is 1.62. The SMILES string of the molecule is O=[N+]([O-])c1ccc(O[C@H]2CNC[C@@H]2O)c(Cl)c1. The van der Waals surface area contributed by atoms with Gasteiger partial charge in [0.2, 0.25) is 0 Å². The van der Waals surface area contributed by atoms with Crippen molar-refractivity contribution in [2.24, 2.45) is 0 Å². The Morgan fingerprint density at radius 3 is 2.82 bits per heavy atom. The Bertz CT molecular complexity index is 440. The van der Waals surface area contributed by atoms with E-state index >= 15 is 0 Å². The van der Waals surface area contributed by atoms with Gasteiger partial charge in [0.1, 0.15) is 18.0 Å². The molecule has 1 saturated heterocycles. The first-order valence-corrected chi connectivity index (χ1v) is 5.45. The van der Waals surface area contributed by atoms with Crippen LogP contribution in [0.1, 0.15) is 0 Å². The number of benzene rings is 1. The van der Waals surface area contributed by atoms with E-state index in [9.17, 15) is 15.2 Å². The van der Waals surface area contributed by atoms with Crippen LogP contribution in [0.5, 0.6) is 5.75 Å². The van der Waals surface area contributed by atoms with Gasteiger partial charge >= 0.3 is 0 Å². The number of halogens is 1. The number of nitro benzene ring substituents is 1. The molecule has 0 aromatic heterocycles. The van der Waals surface area contributed by atoms with Crippen molar-refractivity contribution in [1.82, 2.24) is 5.32 Å². The molecule has 1 aliphatic heterocycles. The van der Waals surface area contributed by atoms with E-state index in [1.54, 1.807) is 0 Å². The number of ether oxygens (including phenoxy) is 1. The van der Waals surface area contributed by atoms with Crippen molar-refractivity contribution in [3.63, 3.8) is 0 Å². The summed E-state index contributed by atoms with van der Waals surface area (Å²) in [5.74, 6) is 0.338. The summed E-state index contributed by atoms with van der Waals surface area (Å²) >= 11 is 5.87. The van der Waals surface area contributed by atoms with Crippen LogP contribution < -0.4 is 10.1 Å². The highest BCUT2D eigenvalue weighted by Gasteiger charge is 2.27. The van der Waals surface area contributed by atoms with E-state index in [4.69, 9.17) is 16.3 Å². The number of nitrogens with zero attached hydrogens (tertiary/aromatic N) is 1. The second-order valence-corrected chi connectivity index (χ2v) is 4.16. The number of nitro groups is 1. The quantitative estimate of drug-likeness (QED) is 0.623. The zero-order valence-corrected chi connectivity index (χ0v) is 9.55. The number of aliphatic hydroxyl groups is 1. The lowest BCUT2D eigenvalue weighted by Crippen LogP contribution is -2.29. The molecule has 0 unspecified atom stereocenters. The molecule has 2 N–H and O–H groups in total. The first-order valence-electron chi connectivity index (χ1n) is 5.07. The number of rotatable bonds is 3. The summed E-state index contributed by atoms with van der Waals surface area (Å²) in [6.07, 6.45) is -0.977. The van der Waals surface area contributed by atoms with Gasteiger partial charge in [-0.05, 0) is 6.07 Å². The molecular weight excluding hydrogens is 248 g/mol. The van der Waals surface area contributed by atoms with E-state index in [-0.39, 0.29) is 16.8 Å². The molecular formula is C10H11ClN2O4. The minimum atomic E-state index is -0.596. The number of aliphatic hydroxyl groups excluding tert-OH is 1. The summed E-state index contributed by atoms with van der Waals surface area (Å²) < 4.78 is 5.49. The van der Waals surface area contributed by atoms with Crippen molar-refractivity contribution in [3.8, 4) is 5.75 Å². The Balaban J connectivity index is 2.14. The summed E-state index contributed by atoms with van der Waals surface area (Å²) in [6.45, 7) is 0.990. The average Bonchev–Trinajstić information content (AvgIpc) is 2.67. The van der Waals surface area contributed by atoms with E-state index in [0.717, 1.165) is 0 Å². The molecule has 0 radical (unpaired) electrons. The summed E-state index contributed by atoms with van der Waals surface area (Å²) in [6, 6.07) is 3.98. The first kappa shape index (κ1) is 12.1. The van der Waals surface area contributed by atoms with Gasteiger partial charge in [0.15, 0.2) is 0 Å². The molecule has 2 atom stereocenters. The molecule has 17 heavy (non-hydrogen) atoms. The molecule has 0 amide bonds. The summed E-state index contributed by atoms with van der Waals surface area (Å²) in [5.41, 5.74) is -0.0903. The number of non-ortho nitro benzene ring substituents is 1. The van der Waals surface area contributed by atoms with Crippen LogP contribution in [0.3, 0.4) is 0 Å². The standard InChI is InChI=1S/C10H11ClN2O4/c11-7-3-6(13(15)16)1-2-9(7)17-10-5-12-4-8(10)14/h1-3,8,10,12,14H,4-5H2/t8-,10-/m0/s1. The van der Waals surface area contributed by atoms with Crippen molar-refractivity contribution in [2.75, 3.05) is 13.1 Å². The summed E-state index contributed by atoms with van der Waals surface area (Å²) in [7, 11) is 0. The van der Waals surface area contributed by atoms with Crippen LogP contribution in [0.2, 0.25) is 5.02 Å². The highest BCUT2D eigenvalue weighted by atomic mass is 35.5. The van der Waals surface area contributed by atoms with Crippen LogP contribution in [0.4, 0.5) is 5.69 Å². The van der Waals surface area contributed by atoms with Crippen LogP contribution >= 0.6 is 11.6 Å². The molecule has 7 heteroatoms. The van der Waals surface area contributed by atoms with Crippen LogP contribution in [0.15, 0.2) is 18.2 Å². The Morgan fingerprint density at radius 2 is 2.29 bits per heavy atom. The minimum Gasteiger partial charge on any atom is -0.485 e. The van der Waals surface area contributed by atoms with Gasteiger partial charge in [-0.2, -0.15) is 0 Å². The van der Waals surface area contributed by atoms with Crippen LogP contribution in [-0.2, 0) is 0 Å². The number of nitrogens with one attached hydrogen (secondary N) is 1. The van der Waals surface area contributed by atoms with E-state index < -0.39 is 11.0 Å². The van der Waals surface area contributed by atoms with Crippen LogP contribution in [-0.4, -0.2) is 35.3 Å². The molecule has 92 valence electrons. The minimum absolute atomic E-state index is 0.0903. The number of β-amino-alcohol motifs (C(OH)–C–C–N with tert-alkyl or cyclic N) is 1. The molecule has 0 spiro atoms. The lowest BCUT2D eigenvalue weighted by atomic mass is 10.2. The van der Waals surface area contributed by atoms with Gasteiger partial charge in [-0.1, -0.05) is 11.6 Å². The molecule has 1 aliphatic rings. The zero-order valence-electron chi connectivity index (χ0n) is 8.80. The van der Waals surface area contributed by atoms with Gasteiger partial charge in [-0.3, -0.25) is 10.1 Å². The predicted octanol–water partition coefficient (Wildman–Crippen LogP) is 0.960. The Labute approximate surface area is 102 Å². The number of hydrogen-bond acceptors (Lipinski definition) is 5. The fourth-order valence-corrected chi connectivity index (χ4v) is 1.84. The van der Waals surface area contributed by atoms with Crippen LogP contribution in [0.25, 0.3) is 0 Å². The molecule has 1 aromatic carbocycles. The van der Waals surface area contributed by atoms with Gasteiger partial charge < -0.3 is 15.2 Å². The molecule has 1 heterocycles. The van der Waals surface area contributed by atoms with Crippen molar-refractivity contribution < 1.29 is 14.8 Å². The molecule has 1 aromatic rings. The van der Waals surface area contributed by atoms with E-state index in [1.165, 1.54) is 18.2 Å². The van der Waals surface area contributed by atoms with Crippen molar-refractivity contribution >= 4 is 17.3 Å². The molecule has 1 fully saturated rings. The maximum absolute atomic E-state index is 10.5. The van der Waals surface area contributed by atoms with Gasteiger partial charge in [0, 0.05) is 25.2 Å². The van der Waals surface area contributed by atoms with Crippen LogP contribution in [0, 0.1) is 10.1 Å². The van der Waals surface area contributed by atoms with Gasteiger partial charge in [0.05, 0.1) is 9.95 Å². The smallest absolute Gasteiger partial charge is 0.271 e. The lowest BCUT2D eigenvalue weighted by Gasteiger charge is -2.16. The number of hydrogen-bond donors (Lipinski definition) is 2. The molecule has 0 bridgehead atoms. The Morgan fingerprint density at radius 1 is 1.53 bits per heavy atom. The third-order valence-corrected chi connectivity index (χ3v) is 2.83. The first-order chi connectivity index (χ1) is 8.08. The third-order valence-electron chi connectivity index (χ3n) is 2.53. The summed E-state index contributed by atoms with van der Waals surface area (Å²) in [5, 5.41) is 23.2.